The van der Waals surface area contributed by atoms with Crippen LogP contribution in [0, 0.1) is 0 Å². The number of likely N-dealkylation sites (N-methyl/N-ethyl adjacent to an activating group) is 1. The molecule has 10 heteroatoms. The van der Waals surface area contributed by atoms with Crippen LogP contribution in [0.15, 0.2) is 182 Å². The number of hydrogen-bond donors (Lipinski definition) is 0. The first-order valence-corrected chi connectivity index (χ1v) is 41.0. The predicted octanol–water partition coefficient (Wildman–Crippen LogP) is 26.0. The standard InChI is InChI=1S/C88H146NO8P/c1-6-8-10-12-14-16-18-20-22-24-26-28-30-32-34-36-38-40-42-43-44-45-47-48-50-52-54-56-58-60-62-64-66-68-70-72-74-76-78-80-87(90)94-84-86(85-96-98(92,93)95-83-82-89(3,4)5)97-88(91)81-79-77-75-73-71-69-67-65-63-61-59-57-55-53-51-49-46-41-39-37-35-33-31-29-27-25-23-21-19-17-15-13-11-9-7-2/h8-11,14-17,20-23,26-29,32-35,38-41,49,51,55,57,61,63,86H,6-7,12-13,18-19,24-25,30-31,36-37,42-48,50,52-54,56,58-60,62,64-85H2,1-5H3/b10-8-,11-9-,16-14-,17-15-,22-20-,23-21-,28-26-,29-27-,34-32-,35-33-,40-38-,41-39-,51-49-,57-55-,63-61-. The largest absolute Gasteiger partial charge is 0.756 e. The van der Waals surface area contributed by atoms with Crippen molar-refractivity contribution in [3.05, 3.63) is 182 Å². The molecule has 0 aromatic rings. The highest BCUT2D eigenvalue weighted by molar-refractivity contribution is 7.45. The first-order chi connectivity index (χ1) is 48.0. The van der Waals surface area contributed by atoms with E-state index >= 15 is 0 Å². The molecule has 0 radical (unpaired) electrons. The molecule has 0 saturated carbocycles. The van der Waals surface area contributed by atoms with Crippen molar-refractivity contribution in [1.82, 2.24) is 0 Å². The lowest BCUT2D eigenvalue weighted by Gasteiger charge is -2.28. The fourth-order valence-corrected chi connectivity index (χ4v) is 11.2. The molecule has 0 bridgehead atoms. The van der Waals surface area contributed by atoms with Gasteiger partial charge >= 0.3 is 11.9 Å². The van der Waals surface area contributed by atoms with Crippen LogP contribution in [-0.4, -0.2) is 70.0 Å². The quantitative estimate of drug-likeness (QED) is 0.0195. The molecule has 0 amide bonds. The Hall–Kier alpha value is -4.89. The first-order valence-electron chi connectivity index (χ1n) is 39.5. The van der Waals surface area contributed by atoms with Crippen LogP contribution in [0.2, 0.25) is 0 Å². The summed E-state index contributed by atoms with van der Waals surface area (Å²) < 4.78 is 34.4. The molecule has 0 N–H and O–H groups in total. The summed E-state index contributed by atoms with van der Waals surface area (Å²) in [6.45, 7) is 4.00. The number of rotatable bonds is 71. The first kappa shape index (κ1) is 93.1. The number of hydrogen-bond acceptors (Lipinski definition) is 8. The summed E-state index contributed by atoms with van der Waals surface area (Å²) >= 11 is 0. The maximum Gasteiger partial charge on any atom is 0.306 e. The third-order valence-electron chi connectivity index (χ3n) is 16.4. The monoisotopic (exact) mass is 1380 g/mol. The Bertz CT molecular complexity index is 2320. The van der Waals surface area contributed by atoms with Gasteiger partial charge in [0.1, 0.15) is 19.8 Å². The van der Waals surface area contributed by atoms with Crippen molar-refractivity contribution >= 4 is 19.8 Å². The van der Waals surface area contributed by atoms with Crippen molar-refractivity contribution in [2.45, 2.75) is 315 Å². The van der Waals surface area contributed by atoms with Gasteiger partial charge in [-0.25, -0.2) is 0 Å². The summed E-state index contributed by atoms with van der Waals surface area (Å²) in [6, 6.07) is 0. The topological polar surface area (TPSA) is 111 Å². The van der Waals surface area contributed by atoms with E-state index in [0.29, 0.717) is 17.4 Å². The minimum absolute atomic E-state index is 0.0405. The van der Waals surface area contributed by atoms with Crippen molar-refractivity contribution in [3.8, 4) is 0 Å². The fraction of sp³-hybridized carbons (Fsp3) is 0.636. The number of quaternary nitrogens is 1. The molecule has 0 rings (SSSR count). The number of allylic oxidation sites excluding steroid dienone is 30. The van der Waals surface area contributed by atoms with E-state index in [-0.39, 0.29) is 32.0 Å². The van der Waals surface area contributed by atoms with Crippen molar-refractivity contribution in [2.75, 3.05) is 47.5 Å². The van der Waals surface area contributed by atoms with Gasteiger partial charge in [-0.1, -0.05) is 344 Å². The van der Waals surface area contributed by atoms with Gasteiger partial charge in [-0.2, -0.15) is 0 Å². The summed E-state index contributed by atoms with van der Waals surface area (Å²) in [4.78, 5) is 38.2. The van der Waals surface area contributed by atoms with E-state index in [4.69, 9.17) is 18.5 Å². The van der Waals surface area contributed by atoms with Crippen LogP contribution in [0.4, 0.5) is 0 Å². The van der Waals surface area contributed by atoms with E-state index in [2.05, 4.69) is 196 Å². The number of unbranched alkanes of at least 4 members (excludes halogenated alkanes) is 27. The summed E-state index contributed by atoms with van der Waals surface area (Å²) in [5, 5.41) is 0. The van der Waals surface area contributed by atoms with Crippen LogP contribution in [0.25, 0.3) is 0 Å². The second-order valence-corrected chi connectivity index (χ2v) is 28.4. The van der Waals surface area contributed by atoms with Crippen molar-refractivity contribution in [3.63, 3.8) is 0 Å². The normalized spacial score (nSPS) is 14.1. The molecule has 0 aliphatic carbocycles. The zero-order valence-electron chi connectivity index (χ0n) is 63.4. The van der Waals surface area contributed by atoms with Gasteiger partial charge in [0.25, 0.3) is 7.82 Å². The smallest absolute Gasteiger partial charge is 0.306 e. The fourth-order valence-electron chi connectivity index (χ4n) is 10.5. The number of carbonyl (C=O) groups is 2. The lowest BCUT2D eigenvalue weighted by Crippen LogP contribution is -2.37. The van der Waals surface area contributed by atoms with Gasteiger partial charge < -0.3 is 27.9 Å². The Morgan fingerprint density at radius 2 is 0.551 bits per heavy atom. The summed E-state index contributed by atoms with van der Waals surface area (Å²) in [5.41, 5.74) is 0. The highest BCUT2D eigenvalue weighted by atomic mass is 31.2. The van der Waals surface area contributed by atoms with Crippen LogP contribution in [0.5, 0.6) is 0 Å². The molecule has 98 heavy (non-hydrogen) atoms. The van der Waals surface area contributed by atoms with Crippen molar-refractivity contribution in [2.24, 2.45) is 0 Å². The number of carbonyl (C=O) groups excluding carboxylic acids is 2. The van der Waals surface area contributed by atoms with Gasteiger partial charge in [-0.3, -0.25) is 14.2 Å². The van der Waals surface area contributed by atoms with Crippen LogP contribution in [-0.2, 0) is 32.7 Å². The molecule has 0 aromatic heterocycles. The minimum atomic E-state index is -4.66. The van der Waals surface area contributed by atoms with Gasteiger partial charge in [-0.15, -0.1) is 0 Å². The number of phosphoric acid groups is 1. The van der Waals surface area contributed by atoms with Crippen LogP contribution in [0.1, 0.15) is 309 Å². The number of esters is 2. The second-order valence-electron chi connectivity index (χ2n) is 27.0. The minimum Gasteiger partial charge on any atom is -0.756 e. The maximum absolute atomic E-state index is 12.9. The van der Waals surface area contributed by atoms with E-state index in [1.54, 1.807) is 0 Å². The van der Waals surface area contributed by atoms with Crippen molar-refractivity contribution < 1.29 is 42.1 Å². The molecule has 0 aliphatic rings. The molecule has 0 saturated heterocycles. The van der Waals surface area contributed by atoms with E-state index in [9.17, 15) is 19.0 Å². The molecule has 0 fully saturated rings. The Morgan fingerprint density at radius 3 is 0.816 bits per heavy atom. The van der Waals surface area contributed by atoms with Gasteiger partial charge in [0.15, 0.2) is 6.10 Å². The van der Waals surface area contributed by atoms with Crippen LogP contribution < -0.4 is 4.89 Å². The lowest BCUT2D eigenvalue weighted by molar-refractivity contribution is -0.870. The van der Waals surface area contributed by atoms with Gasteiger partial charge in [0.05, 0.1) is 27.7 Å². The number of ether oxygens (including phenoxy) is 2. The zero-order chi connectivity index (χ0) is 71.1. The molecule has 0 heterocycles. The van der Waals surface area contributed by atoms with Gasteiger partial charge in [0.2, 0.25) is 0 Å². The summed E-state index contributed by atoms with van der Waals surface area (Å²) in [6.07, 6.45) is 117. The van der Waals surface area contributed by atoms with E-state index < -0.39 is 26.5 Å². The molecule has 9 nitrogen and oxygen atoms in total. The molecule has 556 valence electrons. The molecular formula is C88H146NO8P. The highest BCUT2D eigenvalue weighted by Crippen LogP contribution is 2.38. The molecule has 2 unspecified atom stereocenters. The van der Waals surface area contributed by atoms with Gasteiger partial charge in [0, 0.05) is 12.8 Å². The molecule has 0 aliphatic heterocycles. The number of phosphoric ester groups is 1. The number of nitrogens with zero attached hydrogens (tertiary/aromatic N) is 1. The third-order valence-corrected chi connectivity index (χ3v) is 17.4. The zero-order valence-corrected chi connectivity index (χ0v) is 64.3. The lowest BCUT2D eigenvalue weighted by atomic mass is 10.0. The highest BCUT2D eigenvalue weighted by Gasteiger charge is 2.22. The molecule has 0 spiro atoms. The average molecular weight is 1380 g/mol. The predicted molar refractivity (Wildman–Crippen MR) is 424 cm³/mol. The Balaban J connectivity index is 4.04. The van der Waals surface area contributed by atoms with Crippen LogP contribution in [0.3, 0.4) is 0 Å². The van der Waals surface area contributed by atoms with E-state index in [1.807, 2.05) is 21.1 Å². The van der Waals surface area contributed by atoms with E-state index in [0.717, 1.165) is 148 Å². The van der Waals surface area contributed by atoms with Crippen molar-refractivity contribution in [1.29, 1.82) is 0 Å². The van der Waals surface area contributed by atoms with E-state index in [1.165, 1.54) is 128 Å². The van der Waals surface area contributed by atoms with Gasteiger partial charge in [-0.05, 0) is 135 Å². The second kappa shape index (κ2) is 76.3. The Kier molecular flexibility index (Phi) is 72.5. The molecular weight excluding hydrogens is 1230 g/mol. The Labute approximate surface area is 603 Å². The molecule has 2 atom stereocenters. The maximum atomic E-state index is 12.9. The SMILES string of the molecule is CC/C=C\C/C=C\C/C=C\C/C=C\C/C=C\C/C=C\C/C=C\C/C=C\C/C=C\CCCCCCCCCC(=O)OC(COC(=O)CCCCCCCCCCCCCCCCCCCCCC/C=C\C/C=C\C/C=C\C/C=C\C/C=C\C/C=C\CC)COP(=O)([O-])OCC[N+](C)(C)C. The Morgan fingerprint density at radius 1 is 0.316 bits per heavy atom. The molecule has 0 aromatic carbocycles. The average Bonchev–Trinajstić information content (AvgIpc) is 1.08. The summed E-state index contributed by atoms with van der Waals surface area (Å²) in [5.74, 6) is -0.847. The third kappa shape index (κ3) is 80.1. The van der Waals surface area contributed by atoms with Crippen LogP contribution >= 0.6 is 7.82 Å². The summed E-state index contributed by atoms with van der Waals surface area (Å²) in [7, 11) is 1.15.